The highest BCUT2D eigenvalue weighted by molar-refractivity contribution is 9.09. The molecule has 1 atom stereocenters. The van der Waals surface area contributed by atoms with E-state index in [1.807, 2.05) is 12.1 Å². The summed E-state index contributed by atoms with van der Waals surface area (Å²) in [6.07, 6.45) is 1.16. The third kappa shape index (κ3) is 3.33. The maximum atomic E-state index is 5.11. The second-order valence-electron chi connectivity index (χ2n) is 3.87. The van der Waals surface area contributed by atoms with Crippen LogP contribution in [0.1, 0.15) is 30.7 Å². The van der Waals surface area contributed by atoms with E-state index in [2.05, 4.69) is 41.9 Å². The minimum atomic E-state index is 0.452. The maximum Gasteiger partial charge on any atom is 0.118 e. The smallest absolute Gasteiger partial charge is 0.118 e. The summed E-state index contributed by atoms with van der Waals surface area (Å²) in [7, 11) is 1.69. The molecule has 0 aliphatic heterocycles. The molecule has 0 bridgehead atoms. The zero-order valence-corrected chi connectivity index (χ0v) is 10.5. The Morgan fingerprint density at radius 2 is 1.79 bits per heavy atom. The fourth-order valence-electron chi connectivity index (χ4n) is 1.36. The molecule has 0 fully saturated rings. The van der Waals surface area contributed by atoms with Crippen LogP contribution >= 0.6 is 15.9 Å². The summed E-state index contributed by atoms with van der Waals surface area (Å²) in [6, 6.07) is 8.23. The summed E-state index contributed by atoms with van der Waals surface area (Å²) in [5, 5.41) is 0. The van der Waals surface area contributed by atoms with Gasteiger partial charge in [-0.1, -0.05) is 41.9 Å². The van der Waals surface area contributed by atoms with E-state index in [4.69, 9.17) is 4.74 Å². The van der Waals surface area contributed by atoms with Crippen LogP contribution in [0.25, 0.3) is 0 Å². The lowest BCUT2D eigenvalue weighted by molar-refractivity contribution is 0.414. The first-order valence-corrected chi connectivity index (χ1v) is 5.83. The van der Waals surface area contributed by atoms with Crippen LogP contribution in [0.4, 0.5) is 0 Å². The highest BCUT2D eigenvalue weighted by atomic mass is 79.9. The Kier molecular flexibility index (Phi) is 4.46. The van der Waals surface area contributed by atoms with Crippen LogP contribution in [0.15, 0.2) is 24.3 Å². The van der Waals surface area contributed by atoms with E-state index in [9.17, 15) is 0 Å². The fourth-order valence-corrected chi connectivity index (χ4v) is 2.42. The Labute approximate surface area is 94.6 Å². The molecule has 0 aliphatic carbocycles. The van der Waals surface area contributed by atoms with E-state index in [1.165, 1.54) is 5.56 Å². The van der Waals surface area contributed by atoms with Gasteiger partial charge in [0.05, 0.1) is 7.11 Å². The van der Waals surface area contributed by atoms with Crippen molar-refractivity contribution in [3.63, 3.8) is 0 Å². The predicted octanol–water partition coefficient (Wildman–Crippen LogP) is 4.18. The van der Waals surface area contributed by atoms with Crippen molar-refractivity contribution in [1.29, 1.82) is 0 Å². The largest absolute Gasteiger partial charge is 0.497 e. The Morgan fingerprint density at radius 1 is 1.21 bits per heavy atom. The molecule has 2 heteroatoms. The molecule has 78 valence electrons. The summed E-state index contributed by atoms with van der Waals surface area (Å²) < 4.78 is 5.11. The van der Waals surface area contributed by atoms with Crippen molar-refractivity contribution in [3.05, 3.63) is 29.8 Å². The highest BCUT2D eigenvalue weighted by Crippen LogP contribution is 2.30. The molecule has 1 unspecified atom stereocenters. The Balaban J connectivity index is 2.66. The Bertz CT molecular complexity index is 266. The number of rotatable bonds is 4. The summed E-state index contributed by atoms with van der Waals surface area (Å²) in [6.45, 7) is 4.47. The van der Waals surface area contributed by atoms with Gasteiger partial charge in [-0.2, -0.15) is 0 Å². The molecule has 0 spiro atoms. The van der Waals surface area contributed by atoms with E-state index < -0.39 is 0 Å². The lowest BCUT2D eigenvalue weighted by Gasteiger charge is -2.12. The molecular formula is C12H17BrO. The van der Waals surface area contributed by atoms with Gasteiger partial charge in [0.2, 0.25) is 0 Å². The zero-order valence-electron chi connectivity index (χ0n) is 8.96. The number of hydrogen-bond acceptors (Lipinski definition) is 1. The average Bonchev–Trinajstić information content (AvgIpc) is 2.17. The van der Waals surface area contributed by atoms with Crippen LogP contribution in [-0.4, -0.2) is 7.11 Å². The van der Waals surface area contributed by atoms with Crippen LogP contribution in [-0.2, 0) is 0 Å². The summed E-state index contributed by atoms with van der Waals surface area (Å²) in [5.41, 5.74) is 1.32. The van der Waals surface area contributed by atoms with Gasteiger partial charge in [-0.15, -0.1) is 0 Å². The standard InChI is InChI=1S/C12H17BrO/c1-9(2)8-12(13)10-4-6-11(14-3)7-5-10/h4-7,9,12H,8H2,1-3H3. The van der Waals surface area contributed by atoms with E-state index >= 15 is 0 Å². The number of benzene rings is 1. The number of hydrogen-bond donors (Lipinski definition) is 0. The van der Waals surface area contributed by atoms with Crippen LogP contribution in [0, 0.1) is 5.92 Å². The summed E-state index contributed by atoms with van der Waals surface area (Å²) in [5.74, 6) is 1.62. The van der Waals surface area contributed by atoms with Crippen molar-refractivity contribution in [2.24, 2.45) is 5.92 Å². The van der Waals surface area contributed by atoms with Gasteiger partial charge in [0.1, 0.15) is 5.75 Å². The van der Waals surface area contributed by atoms with Gasteiger partial charge in [-0.3, -0.25) is 0 Å². The van der Waals surface area contributed by atoms with Gasteiger partial charge in [0.25, 0.3) is 0 Å². The molecule has 14 heavy (non-hydrogen) atoms. The first-order valence-electron chi connectivity index (χ1n) is 4.91. The minimum Gasteiger partial charge on any atom is -0.497 e. The van der Waals surface area contributed by atoms with Crippen molar-refractivity contribution < 1.29 is 4.74 Å². The van der Waals surface area contributed by atoms with Crippen molar-refractivity contribution in [2.45, 2.75) is 25.1 Å². The fraction of sp³-hybridized carbons (Fsp3) is 0.500. The molecule has 0 amide bonds. The number of ether oxygens (including phenoxy) is 1. The third-order valence-electron chi connectivity index (χ3n) is 2.16. The number of methoxy groups -OCH3 is 1. The monoisotopic (exact) mass is 256 g/mol. The lowest BCUT2D eigenvalue weighted by atomic mass is 10.0. The topological polar surface area (TPSA) is 9.23 Å². The SMILES string of the molecule is COc1ccc(C(Br)CC(C)C)cc1. The van der Waals surface area contributed by atoms with Crippen LogP contribution in [0.3, 0.4) is 0 Å². The Morgan fingerprint density at radius 3 is 2.21 bits per heavy atom. The van der Waals surface area contributed by atoms with E-state index in [-0.39, 0.29) is 0 Å². The highest BCUT2D eigenvalue weighted by Gasteiger charge is 2.09. The molecule has 1 aromatic rings. The van der Waals surface area contributed by atoms with Crippen LogP contribution in [0.5, 0.6) is 5.75 Å². The quantitative estimate of drug-likeness (QED) is 0.735. The lowest BCUT2D eigenvalue weighted by Crippen LogP contribution is -1.95. The van der Waals surface area contributed by atoms with Gasteiger partial charge < -0.3 is 4.74 Å². The van der Waals surface area contributed by atoms with Crippen molar-refractivity contribution in [2.75, 3.05) is 7.11 Å². The van der Waals surface area contributed by atoms with Crippen LogP contribution < -0.4 is 4.74 Å². The molecule has 1 aromatic carbocycles. The molecule has 0 radical (unpaired) electrons. The third-order valence-corrected chi connectivity index (χ3v) is 3.06. The molecular weight excluding hydrogens is 240 g/mol. The normalized spacial score (nSPS) is 12.9. The van der Waals surface area contributed by atoms with Gasteiger partial charge in [0.15, 0.2) is 0 Å². The minimum absolute atomic E-state index is 0.452. The molecule has 0 aliphatic rings. The number of alkyl halides is 1. The first-order chi connectivity index (χ1) is 6.63. The predicted molar refractivity (Wildman–Crippen MR) is 64.1 cm³/mol. The summed E-state index contributed by atoms with van der Waals surface area (Å²) >= 11 is 3.69. The van der Waals surface area contributed by atoms with E-state index in [0.29, 0.717) is 10.7 Å². The van der Waals surface area contributed by atoms with Crippen molar-refractivity contribution in [1.82, 2.24) is 0 Å². The number of halogens is 1. The molecule has 0 heterocycles. The summed E-state index contributed by atoms with van der Waals surface area (Å²) in [4.78, 5) is 0.452. The molecule has 1 nitrogen and oxygen atoms in total. The van der Waals surface area contributed by atoms with Gasteiger partial charge in [-0.05, 0) is 30.0 Å². The van der Waals surface area contributed by atoms with Gasteiger partial charge in [0, 0.05) is 4.83 Å². The average molecular weight is 257 g/mol. The molecule has 0 aromatic heterocycles. The van der Waals surface area contributed by atoms with Crippen molar-refractivity contribution >= 4 is 15.9 Å². The first kappa shape index (κ1) is 11.6. The molecule has 0 saturated carbocycles. The zero-order chi connectivity index (χ0) is 10.6. The van der Waals surface area contributed by atoms with E-state index in [1.54, 1.807) is 7.11 Å². The van der Waals surface area contributed by atoms with Gasteiger partial charge >= 0.3 is 0 Å². The molecule has 0 N–H and O–H groups in total. The maximum absolute atomic E-state index is 5.11. The second kappa shape index (κ2) is 5.40. The molecule has 1 rings (SSSR count). The molecule has 0 saturated heterocycles. The van der Waals surface area contributed by atoms with E-state index in [0.717, 1.165) is 12.2 Å². The van der Waals surface area contributed by atoms with Gasteiger partial charge in [-0.25, -0.2) is 0 Å². The second-order valence-corrected chi connectivity index (χ2v) is 4.98. The van der Waals surface area contributed by atoms with Crippen molar-refractivity contribution in [3.8, 4) is 5.75 Å². The Hall–Kier alpha value is -0.500. The van der Waals surface area contributed by atoms with Crippen LogP contribution in [0.2, 0.25) is 0 Å².